The van der Waals surface area contributed by atoms with Gasteiger partial charge in [-0.15, -0.1) is 11.3 Å². The number of hydrogen-bond acceptors (Lipinski definition) is 4. The van der Waals surface area contributed by atoms with Crippen LogP contribution in [0.4, 0.5) is 5.13 Å². The predicted molar refractivity (Wildman–Crippen MR) is 90.5 cm³/mol. The molecule has 21 heavy (non-hydrogen) atoms. The lowest BCUT2D eigenvalue weighted by Crippen LogP contribution is -2.45. The lowest BCUT2D eigenvalue weighted by atomic mass is 9.92. The molecule has 1 heterocycles. The molecule has 3 N–H and O–H groups in total. The number of halogens is 1. The van der Waals surface area contributed by atoms with Crippen LogP contribution in [0.1, 0.15) is 37.1 Å². The Balaban J connectivity index is 2.15. The van der Waals surface area contributed by atoms with Crippen molar-refractivity contribution in [2.45, 2.75) is 32.2 Å². The van der Waals surface area contributed by atoms with Gasteiger partial charge < -0.3 is 11.1 Å². The largest absolute Gasteiger partial charge is 0.314 e. The molecule has 4 nitrogen and oxygen atoms in total. The lowest BCUT2D eigenvalue weighted by Gasteiger charge is -2.23. The first-order chi connectivity index (χ1) is 9.80. The molecule has 1 unspecified atom stereocenters. The Kier molecular flexibility index (Phi) is 4.81. The molecule has 0 aliphatic rings. The molecule has 0 bridgehead atoms. The molecular formula is C15H18BrN3OS. The van der Waals surface area contributed by atoms with Gasteiger partial charge in [-0.05, 0) is 30.5 Å². The van der Waals surface area contributed by atoms with E-state index in [2.05, 4.69) is 40.1 Å². The molecule has 0 spiro atoms. The number of amides is 1. The molecule has 0 saturated carbocycles. The molecule has 2 aromatic rings. The molecule has 6 heteroatoms. The van der Waals surface area contributed by atoms with Gasteiger partial charge in [-0.1, -0.05) is 41.9 Å². The van der Waals surface area contributed by atoms with Crippen LogP contribution in [0.15, 0.2) is 34.9 Å². The summed E-state index contributed by atoms with van der Waals surface area (Å²) in [5, 5.41) is 3.38. The van der Waals surface area contributed by atoms with E-state index in [-0.39, 0.29) is 5.91 Å². The summed E-state index contributed by atoms with van der Waals surface area (Å²) >= 11 is 4.85. The van der Waals surface area contributed by atoms with Gasteiger partial charge in [0.25, 0.3) is 5.91 Å². The molecule has 0 radical (unpaired) electrons. The Bertz CT molecular complexity index is 635. The molecule has 0 aliphatic carbocycles. The van der Waals surface area contributed by atoms with Gasteiger partial charge in [0.1, 0.15) is 5.54 Å². The Morgan fingerprint density at radius 3 is 2.52 bits per heavy atom. The minimum atomic E-state index is -1.11. The van der Waals surface area contributed by atoms with Crippen LogP contribution in [0.2, 0.25) is 0 Å². The fraction of sp³-hybridized carbons (Fsp3) is 0.333. The highest BCUT2D eigenvalue weighted by atomic mass is 79.9. The number of benzene rings is 1. The SMILES string of the molecule is CC(C)c1cnc(NC(=O)C(C)(N)c2ccc(Br)cc2)s1. The number of hydrogen-bond donors (Lipinski definition) is 2. The van der Waals surface area contributed by atoms with Crippen molar-refractivity contribution >= 4 is 38.3 Å². The monoisotopic (exact) mass is 367 g/mol. The Hall–Kier alpha value is -1.24. The molecule has 1 aromatic heterocycles. The minimum absolute atomic E-state index is 0.269. The van der Waals surface area contributed by atoms with Crippen LogP contribution in [0.5, 0.6) is 0 Å². The maximum atomic E-state index is 12.4. The second kappa shape index (κ2) is 6.25. The summed E-state index contributed by atoms with van der Waals surface area (Å²) in [6, 6.07) is 7.41. The van der Waals surface area contributed by atoms with Gasteiger partial charge >= 0.3 is 0 Å². The average molecular weight is 368 g/mol. The summed E-state index contributed by atoms with van der Waals surface area (Å²) in [4.78, 5) is 17.8. The predicted octanol–water partition coefficient (Wildman–Crippen LogP) is 3.84. The normalized spacial score (nSPS) is 14.0. The molecule has 1 amide bonds. The summed E-state index contributed by atoms with van der Waals surface area (Å²) in [6.07, 6.45) is 1.79. The van der Waals surface area contributed by atoms with E-state index in [1.54, 1.807) is 13.1 Å². The summed E-state index contributed by atoms with van der Waals surface area (Å²) in [5.41, 5.74) is 5.84. The third-order valence-corrected chi connectivity index (χ3v) is 4.97. The van der Waals surface area contributed by atoms with Crippen molar-refractivity contribution < 1.29 is 4.79 Å². The molecule has 0 saturated heterocycles. The number of anilines is 1. The highest BCUT2D eigenvalue weighted by Crippen LogP contribution is 2.27. The molecule has 1 atom stereocenters. The van der Waals surface area contributed by atoms with Crippen molar-refractivity contribution in [3.63, 3.8) is 0 Å². The number of rotatable bonds is 4. The summed E-state index contributed by atoms with van der Waals surface area (Å²) in [7, 11) is 0. The van der Waals surface area contributed by atoms with Crippen molar-refractivity contribution in [3.05, 3.63) is 45.4 Å². The summed E-state index contributed by atoms with van der Waals surface area (Å²) in [6.45, 7) is 5.88. The zero-order chi connectivity index (χ0) is 15.6. The summed E-state index contributed by atoms with van der Waals surface area (Å²) < 4.78 is 0.948. The topological polar surface area (TPSA) is 68.0 Å². The highest BCUT2D eigenvalue weighted by molar-refractivity contribution is 9.10. The molecular weight excluding hydrogens is 350 g/mol. The Labute approximate surface area is 136 Å². The van der Waals surface area contributed by atoms with Gasteiger partial charge in [0.05, 0.1) is 0 Å². The van der Waals surface area contributed by atoms with Crippen LogP contribution in [-0.2, 0) is 10.3 Å². The Morgan fingerprint density at radius 1 is 1.38 bits per heavy atom. The van der Waals surface area contributed by atoms with E-state index in [0.717, 1.165) is 14.9 Å². The fourth-order valence-electron chi connectivity index (χ4n) is 1.77. The first kappa shape index (κ1) is 16.1. The van der Waals surface area contributed by atoms with E-state index in [9.17, 15) is 4.79 Å². The number of aromatic nitrogens is 1. The van der Waals surface area contributed by atoms with Gasteiger partial charge in [0.15, 0.2) is 5.13 Å². The third-order valence-electron chi connectivity index (χ3n) is 3.23. The van der Waals surface area contributed by atoms with Gasteiger partial charge in [-0.3, -0.25) is 4.79 Å². The lowest BCUT2D eigenvalue weighted by molar-refractivity contribution is -0.120. The van der Waals surface area contributed by atoms with E-state index in [1.807, 2.05) is 24.3 Å². The zero-order valence-electron chi connectivity index (χ0n) is 12.2. The average Bonchev–Trinajstić information content (AvgIpc) is 2.88. The Morgan fingerprint density at radius 2 is 2.00 bits per heavy atom. The maximum Gasteiger partial charge on any atom is 0.250 e. The van der Waals surface area contributed by atoms with Gasteiger partial charge in [0, 0.05) is 15.5 Å². The third kappa shape index (κ3) is 3.70. The van der Waals surface area contributed by atoms with Crippen LogP contribution in [-0.4, -0.2) is 10.9 Å². The highest BCUT2D eigenvalue weighted by Gasteiger charge is 2.31. The van der Waals surface area contributed by atoms with Crippen LogP contribution in [0.3, 0.4) is 0 Å². The number of nitrogens with one attached hydrogen (secondary N) is 1. The van der Waals surface area contributed by atoms with Crippen molar-refractivity contribution in [3.8, 4) is 0 Å². The fourth-order valence-corrected chi connectivity index (χ4v) is 2.84. The van der Waals surface area contributed by atoms with Gasteiger partial charge in [-0.25, -0.2) is 4.98 Å². The van der Waals surface area contributed by atoms with Crippen LogP contribution < -0.4 is 11.1 Å². The first-order valence-electron chi connectivity index (χ1n) is 6.63. The van der Waals surface area contributed by atoms with Crippen LogP contribution in [0, 0.1) is 0 Å². The van der Waals surface area contributed by atoms with E-state index >= 15 is 0 Å². The van der Waals surface area contributed by atoms with Crippen molar-refractivity contribution in [1.29, 1.82) is 0 Å². The second-order valence-electron chi connectivity index (χ2n) is 5.39. The zero-order valence-corrected chi connectivity index (χ0v) is 14.6. The van der Waals surface area contributed by atoms with Crippen molar-refractivity contribution in [2.75, 3.05) is 5.32 Å². The van der Waals surface area contributed by atoms with E-state index < -0.39 is 5.54 Å². The van der Waals surface area contributed by atoms with Crippen molar-refractivity contribution in [1.82, 2.24) is 4.98 Å². The molecule has 1 aromatic carbocycles. The minimum Gasteiger partial charge on any atom is -0.314 e. The quantitative estimate of drug-likeness (QED) is 0.862. The number of carbonyl (C=O) groups excluding carboxylic acids is 1. The summed E-state index contributed by atoms with van der Waals surface area (Å²) in [5.74, 6) is 0.123. The number of carbonyl (C=O) groups is 1. The molecule has 0 fully saturated rings. The van der Waals surface area contributed by atoms with E-state index in [4.69, 9.17) is 5.73 Å². The van der Waals surface area contributed by atoms with Gasteiger partial charge in [-0.2, -0.15) is 0 Å². The number of nitrogens with two attached hydrogens (primary N) is 1. The standard InChI is InChI=1S/C15H18BrN3OS/c1-9(2)12-8-18-14(21-12)19-13(20)15(3,17)10-4-6-11(16)7-5-10/h4-9H,17H2,1-3H3,(H,18,19,20). The van der Waals surface area contributed by atoms with Crippen molar-refractivity contribution in [2.24, 2.45) is 5.73 Å². The first-order valence-corrected chi connectivity index (χ1v) is 8.23. The van der Waals surface area contributed by atoms with Crippen LogP contribution in [0.25, 0.3) is 0 Å². The van der Waals surface area contributed by atoms with E-state index in [0.29, 0.717) is 11.0 Å². The number of thiazole rings is 1. The van der Waals surface area contributed by atoms with Gasteiger partial charge in [0.2, 0.25) is 0 Å². The second-order valence-corrected chi connectivity index (χ2v) is 7.36. The van der Waals surface area contributed by atoms with E-state index in [1.165, 1.54) is 11.3 Å². The molecule has 0 aliphatic heterocycles. The smallest absolute Gasteiger partial charge is 0.250 e. The van der Waals surface area contributed by atoms with Crippen LogP contribution >= 0.6 is 27.3 Å². The molecule has 2 rings (SSSR count). The molecule has 112 valence electrons. The number of nitrogens with zero attached hydrogens (tertiary/aromatic N) is 1. The maximum absolute atomic E-state index is 12.4.